The van der Waals surface area contributed by atoms with Crippen molar-refractivity contribution in [1.29, 1.82) is 0 Å². The van der Waals surface area contributed by atoms with Gasteiger partial charge in [-0.15, -0.1) is 0 Å². The first kappa shape index (κ1) is 20.8. The molecule has 3 aromatic carbocycles. The summed E-state index contributed by atoms with van der Waals surface area (Å²) in [5, 5.41) is 0. The van der Waals surface area contributed by atoms with E-state index in [1.807, 2.05) is 6.92 Å². The number of carbonyl (C=O) groups excluding carboxylic acids is 3. The van der Waals surface area contributed by atoms with Gasteiger partial charge < -0.3 is 14.2 Å². The van der Waals surface area contributed by atoms with Crippen LogP contribution in [-0.2, 0) is 0 Å². The van der Waals surface area contributed by atoms with E-state index in [1.165, 1.54) is 32.2 Å². The molecule has 0 spiro atoms. The summed E-state index contributed by atoms with van der Waals surface area (Å²) < 4.78 is 15.8. The fourth-order valence-electron chi connectivity index (χ4n) is 2.68. The maximum absolute atomic E-state index is 12.4. The Morgan fingerprint density at radius 3 is 1.80 bits per heavy atom. The Morgan fingerprint density at radius 2 is 1.23 bits per heavy atom. The van der Waals surface area contributed by atoms with Crippen molar-refractivity contribution in [3.05, 3.63) is 89.0 Å². The van der Waals surface area contributed by atoms with Gasteiger partial charge in [-0.2, -0.15) is 0 Å². The standard InChI is InChI=1S/C24H20O6/c1-15-4-6-17(7-5-15)23(26)29-20-12-13-22(21(14-20)16(2)25)30-24(27)18-8-10-19(28-3)11-9-18/h4-14H,1-3H3. The Morgan fingerprint density at radius 1 is 0.700 bits per heavy atom. The minimum atomic E-state index is -0.621. The Kier molecular flexibility index (Phi) is 6.27. The number of aryl methyl sites for hydroxylation is 1. The lowest BCUT2D eigenvalue weighted by atomic mass is 10.1. The zero-order valence-electron chi connectivity index (χ0n) is 16.8. The lowest BCUT2D eigenvalue weighted by molar-refractivity contribution is 0.0716. The number of hydrogen-bond acceptors (Lipinski definition) is 6. The lowest BCUT2D eigenvalue weighted by Crippen LogP contribution is -2.12. The molecule has 30 heavy (non-hydrogen) atoms. The highest BCUT2D eigenvalue weighted by molar-refractivity contribution is 5.99. The van der Waals surface area contributed by atoms with E-state index in [9.17, 15) is 14.4 Å². The Balaban J connectivity index is 1.79. The fraction of sp³-hybridized carbons (Fsp3) is 0.125. The van der Waals surface area contributed by atoms with Crippen LogP contribution in [0.3, 0.4) is 0 Å². The molecule has 0 aliphatic rings. The molecule has 0 saturated carbocycles. The van der Waals surface area contributed by atoms with Gasteiger partial charge in [0.05, 0.1) is 23.8 Å². The van der Waals surface area contributed by atoms with E-state index in [0.29, 0.717) is 16.9 Å². The largest absolute Gasteiger partial charge is 0.497 e. The van der Waals surface area contributed by atoms with Crippen molar-refractivity contribution in [2.75, 3.05) is 7.11 Å². The number of esters is 2. The van der Waals surface area contributed by atoms with E-state index in [0.717, 1.165) is 5.56 Å². The molecule has 0 unspecified atom stereocenters. The summed E-state index contributed by atoms with van der Waals surface area (Å²) in [6.45, 7) is 3.26. The molecule has 152 valence electrons. The van der Waals surface area contributed by atoms with Crippen LogP contribution in [0.5, 0.6) is 17.2 Å². The zero-order chi connectivity index (χ0) is 21.7. The average Bonchev–Trinajstić information content (AvgIpc) is 2.75. The van der Waals surface area contributed by atoms with Gasteiger partial charge in [0.2, 0.25) is 0 Å². The van der Waals surface area contributed by atoms with Crippen LogP contribution in [-0.4, -0.2) is 24.8 Å². The third kappa shape index (κ3) is 4.91. The van der Waals surface area contributed by atoms with Crippen LogP contribution in [0.25, 0.3) is 0 Å². The Hall–Kier alpha value is -3.93. The third-order valence-electron chi connectivity index (χ3n) is 4.36. The zero-order valence-corrected chi connectivity index (χ0v) is 16.8. The summed E-state index contributed by atoms with van der Waals surface area (Å²) in [5.74, 6) is -0.637. The Bertz CT molecular complexity index is 1080. The van der Waals surface area contributed by atoms with Crippen molar-refractivity contribution >= 4 is 17.7 Å². The van der Waals surface area contributed by atoms with Gasteiger partial charge in [-0.3, -0.25) is 4.79 Å². The second kappa shape index (κ2) is 9.05. The normalized spacial score (nSPS) is 10.2. The van der Waals surface area contributed by atoms with Crippen LogP contribution in [0, 0.1) is 6.92 Å². The summed E-state index contributed by atoms with van der Waals surface area (Å²) in [7, 11) is 1.53. The number of hydrogen-bond donors (Lipinski definition) is 0. The first-order chi connectivity index (χ1) is 14.4. The highest BCUT2D eigenvalue weighted by atomic mass is 16.5. The van der Waals surface area contributed by atoms with Crippen molar-refractivity contribution in [2.24, 2.45) is 0 Å². The Labute approximate surface area is 174 Å². The second-order valence-electron chi connectivity index (χ2n) is 6.59. The van der Waals surface area contributed by atoms with Crippen molar-refractivity contribution in [2.45, 2.75) is 13.8 Å². The molecule has 0 bridgehead atoms. The van der Waals surface area contributed by atoms with Crippen molar-refractivity contribution in [1.82, 2.24) is 0 Å². The van der Waals surface area contributed by atoms with Crippen LogP contribution in [0.4, 0.5) is 0 Å². The molecule has 3 rings (SSSR count). The predicted molar refractivity (Wildman–Crippen MR) is 111 cm³/mol. The van der Waals surface area contributed by atoms with Gasteiger partial charge in [0.25, 0.3) is 0 Å². The molecule has 0 heterocycles. The first-order valence-electron chi connectivity index (χ1n) is 9.17. The molecule has 0 aliphatic heterocycles. The van der Waals surface area contributed by atoms with E-state index in [2.05, 4.69) is 0 Å². The molecule has 0 atom stereocenters. The average molecular weight is 404 g/mol. The number of methoxy groups -OCH3 is 1. The molecule has 0 fully saturated rings. The second-order valence-corrected chi connectivity index (χ2v) is 6.59. The summed E-state index contributed by atoms with van der Waals surface area (Å²) >= 11 is 0. The number of benzene rings is 3. The number of carbonyl (C=O) groups is 3. The van der Waals surface area contributed by atoms with Gasteiger partial charge in [-0.05, 0) is 68.4 Å². The van der Waals surface area contributed by atoms with E-state index in [-0.39, 0.29) is 22.8 Å². The van der Waals surface area contributed by atoms with Crippen molar-refractivity contribution in [3.8, 4) is 17.2 Å². The highest BCUT2D eigenvalue weighted by Crippen LogP contribution is 2.26. The van der Waals surface area contributed by atoms with Gasteiger partial charge in [0.1, 0.15) is 17.2 Å². The van der Waals surface area contributed by atoms with E-state index >= 15 is 0 Å². The summed E-state index contributed by atoms with van der Waals surface area (Å²) in [6, 6.07) is 17.6. The van der Waals surface area contributed by atoms with Crippen LogP contribution in [0.15, 0.2) is 66.7 Å². The lowest BCUT2D eigenvalue weighted by Gasteiger charge is -2.11. The quantitative estimate of drug-likeness (QED) is 0.338. The summed E-state index contributed by atoms with van der Waals surface area (Å²) in [5.41, 5.74) is 1.85. The molecule has 0 radical (unpaired) electrons. The van der Waals surface area contributed by atoms with E-state index < -0.39 is 11.9 Å². The smallest absolute Gasteiger partial charge is 0.343 e. The molecule has 0 N–H and O–H groups in total. The monoisotopic (exact) mass is 404 g/mol. The molecule has 3 aromatic rings. The van der Waals surface area contributed by atoms with Gasteiger partial charge in [0.15, 0.2) is 5.78 Å². The summed E-state index contributed by atoms with van der Waals surface area (Å²) in [4.78, 5) is 36.8. The number of ketones is 1. The fourth-order valence-corrected chi connectivity index (χ4v) is 2.68. The molecule has 0 amide bonds. The first-order valence-corrected chi connectivity index (χ1v) is 9.17. The van der Waals surface area contributed by atoms with Gasteiger partial charge in [-0.25, -0.2) is 9.59 Å². The van der Waals surface area contributed by atoms with Crippen LogP contribution in [0.2, 0.25) is 0 Å². The number of Topliss-reactive ketones (excluding diaryl/α,β-unsaturated/α-hetero) is 1. The van der Waals surface area contributed by atoms with Gasteiger partial charge >= 0.3 is 11.9 Å². The maximum atomic E-state index is 12.4. The van der Waals surface area contributed by atoms with Crippen molar-refractivity contribution in [3.63, 3.8) is 0 Å². The van der Waals surface area contributed by atoms with Gasteiger partial charge in [-0.1, -0.05) is 17.7 Å². The maximum Gasteiger partial charge on any atom is 0.343 e. The number of ether oxygens (including phenoxy) is 3. The summed E-state index contributed by atoms with van der Waals surface area (Å²) in [6.07, 6.45) is 0. The minimum Gasteiger partial charge on any atom is -0.497 e. The topological polar surface area (TPSA) is 78.9 Å². The van der Waals surface area contributed by atoms with Crippen molar-refractivity contribution < 1.29 is 28.6 Å². The third-order valence-corrected chi connectivity index (χ3v) is 4.36. The molecule has 6 nitrogen and oxygen atoms in total. The predicted octanol–water partition coefficient (Wildman–Crippen LogP) is 4.64. The molecule has 0 aromatic heterocycles. The minimum absolute atomic E-state index is 0.0819. The molecule has 6 heteroatoms. The van der Waals surface area contributed by atoms with E-state index in [4.69, 9.17) is 14.2 Å². The molecular formula is C24H20O6. The molecule has 0 aliphatic carbocycles. The highest BCUT2D eigenvalue weighted by Gasteiger charge is 2.17. The molecule has 0 saturated heterocycles. The SMILES string of the molecule is COc1ccc(C(=O)Oc2ccc(OC(=O)c3ccc(C)cc3)cc2C(C)=O)cc1. The number of rotatable bonds is 6. The van der Waals surface area contributed by atoms with Crippen LogP contribution in [0.1, 0.15) is 43.6 Å². The molecular weight excluding hydrogens is 384 g/mol. The van der Waals surface area contributed by atoms with Gasteiger partial charge in [0, 0.05) is 0 Å². The van der Waals surface area contributed by atoms with E-state index in [1.54, 1.807) is 48.5 Å². The van der Waals surface area contributed by atoms with Crippen LogP contribution < -0.4 is 14.2 Å². The van der Waals surface area contributed by atoms with Crippen LogP contribution >= 0.6 is 0 Å².